The van der Waals surface area contributed by atoms with Gasteiger partial charge in [0.05, 0.1) is 12.3 Å². The molecule has 1 aliphatic carbocycles. The van der Waals surface area contributed by atoms with Crippen molar-refractivity contribution in [1.82, 2.24) is 4.98 Å². The van der Waals surface area contributed by atoms with Crippen LogP contribution in [0.1, 0.15) is 38.0 Å². The zero-order valence-corrected chi connectivity index (χ0v) is 9.80. The second-order valence-electron chi connectivity index (χ2n) is 4.52. The molecule has 0 bridgehead atoms. The quantitative estimate of drug-likeness (QED) is 0.800. The fourth-order valence-corrected chi connectivity index (χ4v) is 1.71. The molecule has 1 fully saturated rings. The maximum absolute atomic E-state index is 6.09. The van der Waals surface area contributed by atoms with E-state index in [1.807, 2.05) is 18.2 Å². The molecule has 0 saturated heterocycles. The van der Waals surface area contributed by atoms with Gasteiger partial charge < -0.3 is 10.5 Å². The smallest absolute Gasteiger partial charge is 0.114 e. The Hall–Kier alpha value is -0.930. The van der Waals surface area contributed by atoms with Gasteiger partial charge in [0.1, 0.15) is 6.10 Å². The Morgan fingerprint density at radius 2 is 2.31 bits per heavy atom. The summed E-state index contributed by atoms with van der Waals surface area (Å²) >= 11 is 0. The van der Waals surface area contributed by atoms with Crippen LogP contribution >= 0.6 is 0 Å². The predicted octanol–water partition coefficient (Wildman–Crippen LogP) is 2.29. The van der Waals surface area contributed by atoms with Gasteiger partial charge in [-0.25, -0.2) is 0 Å². The maximum atomic E-state index is 6.09. The number of hydrogen-bond donors (Lipinski definition) is 1. The van der Waals surface area contributed by atoms with Gasteiger partial charge in [-0.1, -0.05) is 13.0 Å². The number of nitrogens with zero attached hydrogens (tertiary/aromatic N) is 1. The van der Waals surface area contributed by atoms with E-state index in [1.54, 1.807) is 6.20 Å². The van der Waals surface area contributed by atoms with Crippen molar-refractivity contribution in [3.63, 3.8) is 0 Å². The van der Waals surface area contributed by atoms with Crippen LogP contribution in [0.15, 0.2) is 24.4 Å². The molecule has 2 atom stereocenters. The fourth-order valence-electron chi connectivity index (χ4n) is 1.71. The third kappa shape index (κ3) is 3.03. The molecule has 3 heteroatoms. The van der Waals surface area contributed by atoms with Crippen LogP contribution in [0.25, 0.3) is 0 Å². The van der Waals surface area contributed by atoms with E-state index in [1.165, 1.54) is 12.8 Å². The summed E-state index contributed by atoms with van der Waals surface area (Å²) in [5.41, 5.74) is 7.05. The third-order valence-corrected chi connectivity index (χ3v) is 3.05. The number of aromatic nitrogens is 1. The summed E-state index contributed by atoms with van der Waals surface area (Å²) in [5, 5.41) is 0. The van der Waals surface area contributed by atoms with Gasteiger partial charge in [-0.3, -0.25) is 4.98 Å². The number of ether oxygens (including phenoxy) is 1. The zero-order valence-electron chi connectivity index (χ0n) is 9.80. The molecule has 0 amide bonds. The van der Waals surface area contributed by atoms with Gasteiger partial charge in [-0.15, -0.1) is 0 Å². The lowest BCUT2D eigenvalue weighted by atomic mass is 10.1. The van der Waals surface area contributed by atoms with E-state index in [0.717, 1.165) is 24.6 Å². The van der Waals surface area contributed by atoms with Crippen LogP contribution in [0.5, 0.6) is 0 Å². The molecule has 16 heavy (non-hydrogen) atoms. The first-order chi connectivity index (χ1) is 7.81. The van der Waals surface area contributed by atoms with Gasteiger partial charge in [-0.05, 0) is 37.3 Å². The summed E-state index contributed by atoms with van der Waals surface area (Å²) < 4.78 is 5.92. The molecule has 1 saturated carbocycles. The van der Waals surface area contributed by atoms with Gasteiger partial charge in [-0.2, -0.15) is 0 Å². The molecule has 2 N–H and O–H groups in total. The zero-order chi connectivity index (χ0) is 11.4. The van der Waals surface area contributed by atoms with Crippen LogP contribution in [0.3, 0.4) is 0 Å². The first-order valence-electron chi connectivity index (χ1n) is 6.09. The maximum Gasteiger partial charge on any atom is 0.114 e. The lowest BCUT2D eigenvalue weighted by Crippen LogP contribution is -2.30. The molecule has 0 aromatic carbocycles. The summed E-state index contributed by atoms with van der Waals surface area (Å²) in [4.78, 5) is 4.34. The Labute approximate surface area is 97.0 Å². The first kappa shape index (κ1) is 11.6. The van der Waals surface area contributed by atoms with Crippen LogP contribution in [0.2, 0.25) is 0 Å². The number of hydrogen-bond acceptors (Lipinski definition) is 3. The van der Waals surface area contributed by atoms with E-state index in [9.17, 15) is 0 Å². The van der Waals surface area contributed by atoms with Crippen LogP contribution in [-0.2, 0) is 4.74 Å². The Bertz CT molecular complexity index is 311. The molecule has 3 nitrogen and oxygen atoms in total. The number of nitrogens with two attached hydrogens (primary N) is 1. The summed E-state index contributed by atoms with van der Waals surface area (Å²) in [5.74, 6) is 0.760. The highest BCUT2D eigenvalue weighted by atomic mass is 16.5. The van der Waals surface area contributed by atoms with Crippen LogP contribution in [0.4, 0.5) is 0 Å². The van der Waals surface area contributed by atoms with E-state index in [0.29, 0.717) is 0 Å². The van der Waals surface area contributed by atoms with Crippen molar-refractivity contribution in [2.45, 2.75) is 38.3 Å². The van der Waals surface area contributed by atoms with E-state index < -0.39 is 0 Å². The summed E-state index contributed by atoms with van der Waals surface area (Å²) in [6.45, 7) is 2.91. The van der Waals surface area contributed by atoms with Gasteiger partial charge in [0, 0.05) is 12.2 Å². The average Bonchev–Trinajstić information content (AvgIpc) is 3.14. The Kier molecular flexibility index (Phi) is 3.91. The summed E-state index contributed by atoms with van der Waals surface area (Å²) in [6.07, 6.45) is 5.26. The van der Waals surface area contributed by atoms with E-state index >= 15 is 0 Å². The second kappa shape index (κ2) is 5.41. The van der Waals surface area contributed by atoms with E-state index in [-0.39, 0.29) is 12.1 Å². The molecule has 1 aromatic heterocycles. The molecule has 1 aliphatic rings. The van der Waals surface area contributed by atoms with Gasteiger partial charge in [0.15, 0.2) is 0 Å². The highest BCUT2D eigenvalue weighted by molar-refractivity contribution is 5.09. The predicted molar refractivity (Wildman–Crippen MR) is 63.9 cm³/mol. The number of pyridine rings is 1. The molecular weight excluding hydrogens is 200 g/mol. The van der Waals surface area contributed by atoms with Crippen molar-refractivity contribution >= 4 is 0 Å². The van der Waals surface area contributed by atoms with Crippen molar-refractivity contribution in [2.24, 2.45) is 11.7 Å². The van der Waals surface area contributed by atoms with Gasteiger partial charge >= 0.3 is 0 Å². The van der Waals surface area contributed by atoms with Gasteiger partial charge in [0.25, 0.3) is 0 Å². The highest BCUT2D eigenvalue weighted by Crippen LogP contribution is 2.31. The minimum atomic E-state index is -0.0493. The number of rotatable bonds is 6. The Balaban J connectivity index is 2.00. The third-order valence-electron chi connectivity index (χ3n) is 3.05. The molecule has 2 unspecified atom stereocenters. The highest BCUT2D eigenvalue weighted by Gasteiger charge is 2.26. The molecule has 0 aliphatic heterocycles. The Morgan fingerprint density at radius 3 is 2.88 bits per heavy atom. The SMILES string of the molecule is CCC(N)C(OCC1CC1)c1ccccn1. The second-order valence-corrected chi connectivity index (χ2v) is 4.52. The topological polar surface area (TPSA) is 48.1 Å². The lowest BCUT2D eigenvalue weighted by molar-refractivity contribution is 0.0241. The minimum Gasteiger partial charge on any atom is -0.370 e. The lowest BCUT2D eigenvalue weighted by Gasteiger charge is -2.22. The van der Waals surface area contributed by atoms with Crippen LogP contribution < -0.4 is 5.73 Å². The first-order valence-corrected chi connectivity index (χ1v) is 6.09. The van der Waals surface area contributed by atoms with Crippen molar-refractivity contribution in [3.05, 3.63) is 30.1 Å². The normalized spacial score (nSPS) is 19.4. The molecule has 0 radical (unpaired) electrons. The van der Waals surface area contributed by atoms with Crippen LogP contribution in [0, 0.1) is 5.92 Å². The van der Waals surface area contributed by atoms with Crippen molar-refractivity contribution in [3.8, 4) is 0 Å². The van der Waals surface area contributed by atoms with E-state index in [2.05, 4.69) is 11.9 Å². The van der Waals surface area contributed by atoms with Crippen molar-refractivity contribution in [2.75, 3.05) is 6.61 Å². The van der Waals surface area contributed by atoms with E-state index in [4.69, 9.17) is 10.5 Å². The largest absolute Gasteiger partial charge is 0.370 e. The molecular formula is C13H20N2O. The standard InChI is InChI=1S/C13H20N2O/c1-2-11(14)13(16-9-10-6-7-10)12-5-3-4-8-15-12/h3-5,8,10-11,13H,2,6-7,9,14H2,1H3. The Morgan fingerprint density at radius 1 is 1.50 bits per heavy atom. The molecule has 88 valence electrons. The monoisotopic (exact) mass is 220 g/mol. The molecule has 1 aromatic rings. The average molecular weight is 220 g/mol. The van der Waals surface area contributed by atoms with Gasteiger partial charge in [0.2, 0.25) is 0 Å². The van der Waals surface area contributed by atoms with Crippen molar-refractivity contribution < 1.29 is 4.74 Å². The summed E-state index contributed by atoms with van der Waals surface area (Å²) in [7, 11) is 0. The molecule has 0 spiro atoms. The molecule has 1 heterocycles. The van der Waals surface area contributed by atoms with Crippen molar-refractivity contribution in [1.29, 1.82) is 0 Å². The fraction of sp³-hybridized carbons (Fsp3) is 0.615. The minimum absolute atomic E-state index is 0.0358. The van der Waals surface area contributed by atoms with Crippen LogP contribution in [-0.4, -0.2) is 17.6 Å². The summed E-state index contributed by atoms with van der Waals surface area (Å²) in [6, 6.07) is 5.93. The molecule has 2 rings (SSSR count).